The van der Waals surface area contributed by atoms with E-state index in [1.54, 1.807) is 12.1 Å². The fourth-order valence-electron chi connectivity index (χ4n) is 1.92. The van der Waals surface area contributed by atoms with Gasteiger partial charge in [0.25, 0.3) is 0 Å². The largest absolute Gasteiger partial charge is 0.416 e. The maximum absolute atomic E-state index is 12.7. The highest BCUT2D eigenvalue weighted by atomic mass is 19.4. The average Bonchev–Trinajstić information content (AvgIpc) is 2.41. The lowest BCUT2D eigenvalue weighted by Crippen LogP contribution is -2.29. The third-order valence-electron chi connectivity index (χ3n) is 2.91. The molecular formula is C13H13F3N4. The normalized spacial score (nSPS) is 13.2. The van der Waals surface area contributed by atoms with E-state index in [0.717, 1.165) is 12.1 Å². The lowest BCUT2D eigenvalue weighted by atomic mass is 9.97. The van der Waals surface area contributed by atoms with Crippen molar-refractivity contribution in [2.45, 2.75) is 12.2 Å². The smallest absolute Gasteiger partial charge is 0.398 e. The maximum atomic E-state index is 12.7. The van der Waals surface area contributed by atoms with Crippen LogP contribution < -0.4 is 17.0 Å². The first kappa shape index (κ1) is 14.3. The van der Waals surface area contributed by atoms with Crippen molar-refractivity contribution in [2.75, 3.05) is 5.73 Å². The van der Waals surface area contributed by atoms with Crippen LogP contribution in [0.1, 0.15) is 22.7 Å². The summed E-state index contributed by atoms with van der Waals surface area (Å²) >= 11 is 0. The van der Waals surface area contributed by atoms with Gasteiger partial charge in [0.05, 0.1) is 11.6 Å². The van der Waals surface area contributed by atoms with Crippen molar-refractivity contribution in [1.82, 2.24) is 10.4 Å². The minimum atomic E-state index is -4.41. The SMILES string of the molecule is NNC(c1cccc(C(F)(F)F)c1)c1cnccc1N. The monoisotopic (exact) mass is 282 g/mol. The minimum absolute atomic E-state index is 0.363. The summed E-state index contributed by atoms with van der Waals surface area (Å²) in [6.07, 6.45) is -1.44. The van der Waals surface area contributed by atoms with Crippen LogP contribution in [-0.4, -0.2) is 4.98 Å². The van der Waals surface area contributed by atoms with Gasteiger partial charge >= 0.3 is 6.18 Å². The fourth-order valence-corrected chi connectivity index (χ4v) is 1.92. The molecule has 0 radical (unpaired) electrons. The van der Waals surface area contributed by atoms with E-state index < -0.39 is 17.8 Å². The van der Waals surface area contributed by atoms with E-state index in [2.05, 4.69) is 10.4 Å². The van der Waals surface area contributed by atoms with Crippen molar-refractivity contribution in [3.63, 3.8) is 0 Å². The van der Waals surface area contributed by atoms with Gasteiger partial charge in [-0.05, 0) is 23.8 Å². The molecule has 0 bridgehead atoms. The van der Waals surface area contributed by atoms with Gasteiger partial charge in [-0.2, -0.15) is 13.2 Å². The second kappa shape index (κ2) is 5.48. The lowest BCUT2D eigenvalue weighted by Gasteiger charge is -2.19. The number of aromatic nitrogens is 1. The first-order valence-corrected chi connectivity index (χ1v) is 5.76. The van der Waals surface area contributed by atoms with Gasteiger partial charge in [-0.1, -0.05) is 12.1 Å². The summed E-state index contributed by atoms with van der Waals surface area (Å²) in [5, 5.41) is 0. The molecule has 1 aromatic carbocycles. The first-order chi connectivity index (χ1) is 9.43. The van der Waals surface area contributed by atoms with Crippen molar-refractivity contribution < 1.29 is 13.2 Å². The zero-order valence-electron chi connectivity index (χ0n) is 10.4. The number of alkyl halides is 3. The summed E-state index contributed by atoms with van der Waals surface area (Å²) in [5.74, 6) is 5.45. The van der Waals surface area contributed by atoms with E-state index >= 15 is 0 Å². The molecular weight excluding hydrogens is 269 g/mol. The van der Waals surface area contributed by atoms with Gasteiger partial charge in [0.1, 0.15) is 0 Å². The fraction of sp³-hybridized carbons (Fsp3) is 0.154. The number of rotatable bonds is 3. The number of anilines is 1. The van der Waals surface area contributed by atoms with E-state index in [1.165, 1.54) is 18.5 Å². The number of hydrogen-bond acceptors (Lipinski definition) is 4. The van der Waals surface area contributed by atoms with E-state index in [1.807, 2.05) is 0 Å². The number of halogens is 3. The number of hydrazine groups is 1. The molecule has 0 aliphatic carbocycles. The Bertz CT molecular complexity index is 598. The van der Waals surface area contributed by atoms with Gasteiger partial charge in [-0.3, -0.25) is 10.8 Å². The number of nitrogens with two attached hydrogens (primary N) is 2. The van der Waals surface area contributed by atoms with Crippen LogP contribution in [0.3, 0.4) is 0 Å². The highest BCUT2D eigenvalue weighted by molar-refractivity contribution is 5.49. The molecule has 0 aliphatic heterocycles. The number of pyridine rings is 1. The quantitative estimate of drug-likeness (QED) is 0.596. The van der Waals surface area contributed by atoms with E-state index in [0.29, 0.717) is 16.8 Å². The van der Waals surface area contributed by atoms with Crippen molar-refractivity contribution in [3.8, 4) is 0 Å². The molecule has 0 spiro atoms. The first-order valence-electron chi connectivity index (χ1n) is 5.76. The van der Waals surface area contributed by atoms with E-state index in [9.17, 15) is 13.2 Å². The van der Waals surface area contributed by atoms with Crippen molar-refractivity contribution in [1.29, 1.82) is 0 Å². The number of nitrogens with zero attached hydrogens (tertiary/aromatic N) is 1. The van der Waals surface area contributed by atoms with Crippen LogP contribution in [0.25, 0.3) is 0 Å². The highest BCUT2D eigenvalue weighted by Gasteiger charge is 2.31. The molecule has 1 aromatic heterocycles. The molecule has 1 unspecified atom stereocenters. The number of nitrogens with one attached hydrogen (secondary N) is 1. The average molecular weight is 282 g/mol. The van der Waals surface area contributed by atoms with Gasteiger partial charge in [-0.15, -0.1) is 0 Å². The lowest BCUT2D eigenvalue weighted by molar-refractivity contribution is -0.137. The molecule has 1 atom stereocenters. The van der Waals surface area contributed by atoms with Crippen LogP contribution in [0.15, 0.2) is 42.7 Å². The van der Waals surface area contributed by atoms with Crippen molar-refractivity contribution >= 4 is 5.69 Å². The van der Waals surface area contributed by atoms with Gasteiger partial charge in [0, 0.05) is 23.6 Å². The Morgan fingerprint density at radius 3 is 2.55 bits per heavy atom. The molecule has 1 heterocycles. The Labute approximate surface area is 113 Å². The minimum Gasteiger partial charge on any atom is -0.398 e. The second-order valence-corrected chi connectivity index (χ2v) is 4.23. The van der Waals surface area contributed by atoms with Gasteiger partial charge in [0.15, 0.2) is 0 Å². The molecule has 20 heavy (non-hydrogen) atoms. The van der Waals surface area contributed by atoms with E-state index in [-0.39, 0.29) is 0 Å². The summed E-state index contributed by atoms with van der Waals surface area (Å²) < 4.78 is 38.2. The Morgan fingerprint density at radius 2 is 1.95 bits per heavy atom. The molecule has 0 saturated carbocycles. The van der Waals surface area contributed by atoms with Gasteiger partial charge in [0.2, 0.25) is 0 Å². The molecule has 4 nitrogen and oxygen atoms in total. The predicted molar refractivity (Wildman–Crippen MR) is 69.3 cm³/mol. The molecule has 0 amide bonds. The van der Waals surface area contributed by atoms with Crippen LogP contribution in [0.5, 0.6) is 0 Å². The van der Waals surface area contributed by atoms with Crippen LogP contribution in [0.4, 0.5) is 18.9 Å². The molecule has 2 rings (SSSR count). The molecule has 0 fully saturated rings. The molecule has 5 N–H and O–H groups in total. The third-order valence-corrected chi connectivity index (χ3v) is 2.91. The maximum Gasteiger partial charge on any atom is 0.416 e. The Hall–Kier alpha value is -2.12. The zero-order valence-corrected chi connectivity index (χ0v) is 10.4. The summed E-state index contributed by atoms with van der Waals surface area (Å²) in [4.78, 5) is 3.91. The van der Waals surface area contributed by atoms with Crippen molar-refractivity contribution in [3.05, 3.63) is 59.4 Å². The predicted octanol–water partition coefficient (Wildman–Crippen LogP) is 2.24. The molecule has 7 heteroatoms. The molecule has 0 saturated heterocycles. The summed E-state index contributed by atoms with van der Waals surface area (Å²) in [6, 6.07) is 5.82. The Morgan fingerprint density at radius 1 is 1.20 bits per heavy atom. The molecule has 106 valence electrons. The van der Waals surface area contributed by atoms with Crippen molar-refractivity contribution in [2.24, 2.45) is 5.84 Å². The zero-order chi connectivity index (χ0) is 14.8. The topological polar surface area (TPSA) is 77.0 Å². The second-order valence-electron chi connectivity index (χ2n) is 4.23. The summed E-state index contributed by atoms with van der Waals surface area (Å²) in [7, 11) is 0. The third kappa shape index (κ3) is 2.89. The molecule has 0 aliphatic rings. The Balaban J connectivity index is 2.46. The number of hydrogen-bond donors (Lipinski definition) is 3. The molecule has 2 aromatic rings. The summed E-state index contributed by atoms with van der Waals surface area (Å²) in [6.45, 7) is 0. The van der Waals surface area contributed by atoms with Crippen LogP contribution in [0, 0.1) is 0 Å². The highest BCUT2D eigenvalue weighted by Crippen LogP contribution is 2.32. The van der Waals surface area contributed by atoms with Crippen LogP contribution in [-0.2, 0) is 6.18 Å². The number of nitrogen functional groups attached to an aromatic ring is 1. The Kier molecular flexibility index (Phi) is 3.91. The van der Waals surface area contributed by atoms with Crippen LogP contribution >= 0.6 is 0 Å². The van der Waals surface area contributed by atoms with Gasteiger partial charge in [-0.25, -0.2) is 5.43 Å². The van der Waals surface area contributed by atoms with Crippen LogP contribution in [0.2, 0.25) is 0 Å². The van der Waals surface area contributed by atoms with Gasteiger partial charge < -0.3 is 5.73 Å². The standard InChI is InChI=1S/C13H13F3N4/c14-13(15,16)9-3-1-2-8(6-9)12(20-18)10-7-19-5-4-11(10)17/h1-7,12,20H,18H2,(H2,17,19). The van der Waals surface area contributed by atoms with E-state index in [4.69, 9.17) is 11.6 Å². The summed E-state index contributed by atoms with van der Waals surface area (Å²) in [5.41, 5.74) is 8.82. The number of benzene rings is 1.